The number of halogens is 1. The zero-order valence-corrected chi connectivity index (χ0v) is 14.9. The number of rotatable bonds is 2. The fourth-order valence-electron chi connectivity index (χ4n) is 3.62. The van der Waals surface area contributed by atoms with Gasteiger partial charge in [-0.3, -0.25) is 4.79 Å². The Balaban J connectivity index is 1.54. The van der Waals surface area contributed by atoms with E-state index in [-0.39, 0.29) is 11.8 Å². The molecular formula is C19H20ClN3O2. The monoisotopic (exact) mass is 357 g/mol. The van der Waals surface area contributed by atoms with Crippen LogP contribution in [-0.4, -0.2) is 40.1 Å². The quantitative estimate of drug-likeness (QED) is 0.828. The summed E-state index contributed by atoms with van der Waals surface area (Å²) in [5.41, 5.74) is 1.54. The number of fused-ring (bicyclic) bond motifs is 1. The molecule has 1 aromatic carbocycles. The van der Waals surface area contributed by atoms with Crippen molar-refractivity contribution in [1.29, 1.82) is 0 Å². The number of ether oxygens (including phenoxy) is 1. The minimum atomic E-state index is 0.0459. The van der Waals surface area contributed by atoms with Crippen LogP contribution >= 0.6 is 11.6 Å². The summed E-state index contributed by atoms with van der Waals surface area (Å²) in [6.07, 6.45) is 7.71. The topological polar surface area (TPSA) is 47.4 Å². The number of imidazole rings is 1. The molecule has 0 aliphatic carbocycles. The number of likely N-dealkylation sites (tertiary alicyclic amines) is 1. The van der Waals surface area contributed by atoms with E-state index in [2.05, 4.69) is 4.98 Å². The molecule has 2 aliphatic rings. The number of piperidine rings is 1. The van der Waals surface area contributed by atoms with Crippen LogP contribution in [0, 0.1) is 0 Å². The van der Waals surface area contributed by atoms with Crippen molar-refractivity contribution in [2.24, 2.45) is 7.05 Å². The second kappa shape index (κ2) is 6.56. The number of hydrogen-bond acceptors (Lipinski definition) is 3. The summed E-state index contributed by atoms with van der Waals surface area (Å²) in [6, 6.07) is 5.47. The van der Waals surface area contributed by atoms with E-state index >= 15 is 0 Å². The lowest BCUT2D eigenvalue weighted by molar-refractivity contribution is -0.128. The molecule has 1 amide bonds. The molecule has 1 atom stereocenters. The fraction of sp³-hybridized carbons (Fsp3) is 0.368. The van der Waals surface area contributed by atoms with Crippen molar-refractivity contribution < 1.29 is 9.53 Å². The Kier molecular flexibility index (Phi) is 4.25. The third-order valence-corrected chi connectivity index (χ3v) is 5.13. The molecular weight excluding hydrogens is 338 g/mol. The fourth-order valence-corrected chi connectivity index (χ4v) is 3.80. The molecule has 5 nitrogen and oxygen atoms in total. The lowest BCUT2D eigenvalue weighted by Gasteiger charge is -2.33. The highest BCUT2D eigenvalue weighted by Gasteiger charge is 2.29. The summed E-state index contributed by atoms with van der Waals surface area (Å²) in [5.74, 6) is 2.14. The van der Waals surface area contributed by atoms with Crippen LogP contribution in [0.2, 0.25) is 5.02 Å². The molecule has 1 fully saturated rings. The minimum Gasteiger partial charge on any atom is -0.488 e. The lowest BCUT2D eigenvalue weighted by atomic mass is 9.96. The Bertz CT molecular complexity index is 843. The zero-order chi connectivity index (χ0) is 17.4. The Hall–Kier alpha value is -2.27. The molecule has 2 aliphatic heterocycles. The molecule has 0 bridgehead atoms. The first kappa shape index (κ1) is 16.2. The van der Waals surface area contributed by atoms with Gasteiger partial charge in [0.05, 0.1) is 5.57 Å². The molecule has 6 heteroatoms. The van der Waals surface area contributed by atoms with Crippen LogP contribution in [-0.2, 0) is 11.8 Å². The van der Waals surface area contributed by atoms with Crippen LogP contribution in [0.15, 0.2) is 36.2 Å². The van der Waals surface area contributed by atoms with Gasteiger partial charge in [0, 0.05) is 49.0 Å². The lowest BCUT2D eigenvalue weighted by Crippen LogP contribution is -2.41. The summed E-state index contributed by atoms with van der Waals surface area (Å²) in [5, 5.41) is 0.639. The minimum absolute atomic E-state index is 0.0459. The molecule has 2 aromatic rings. The molecule has 1 aromatic heterocycles. The predicted octanol–water partition coefficient (Wildman–Crippen LogP) is 3.26. The molecule has 25 heavy (non-hydrogen) atoms. The van der Waals surface area contributed by atoms with Gasteiger partial charge in [-0.05, 0) is 37.1 Å². The Morgan fingerprint density at radius 2 is 2.28 bits per heavy atom. The summed E-state index contributed by atoms with van der Waals surface area (Å²) in [7, 11) is 2.00. The number of aryl methyl sites for hydroxylation is 1. The second-order valence-corrected chi connectivity index (χ2v) is 7.06. The first-order valence-electron chi connectivity index (χ1n) is 8.51. The molecule has 0 saturated carbocycles. The van der Waals surface area contributed by atoms with Gasteiger partial charge in [-0.2, -0.15) is 0 Å². The van der Waals surface area contributed by atoms with Crippen molar-refractivity contribution in [1.82, 2.24) is 14.5 Å². The number of carbonyl (C=O) groups is 1. The van der Waals surface area contributed by atoms with E-state index in [9.17, 15) is 4.79 Å². The molecule has 0 radical (unpaired) electrons. The zero-order valence-electron chi connectivity index (χ0n) is 14.1. The van der Waals surface area contributed by atoms with Crippen molar-refractivity contribution in [2.75, 3.05) is 19.7 Å². The molecule has 0 unspecified atom stereocenters. The molecule has 130 valence electrons. The first-order valence-corrected chi connectivity index (χ1v) is 8.89. The molecule has 3 heterocycles. The summed E-state index contributed by atoms with van der Waals surface area (Å²) in [4.78, 5) is 19.3. The highest BCUT2D eigenvalue weighted by atomic mass is 35.5. The smallest absolute Gasteiger partial charge is 0.253 e. The van der Waals surface area contributed by atoms with Gasteiger partial charge in [0.1, 0.15) is 18.2 Å². The predicted molar refractivity (Wildman–Crippen MR) is 96.7 cm³/mol. The van der Waals surface area contributed by atoms with E-state index < -0.39 is 0 Å². The van der Waals surface area contributed by atoms with Gasteiger partial charge in [-0.25, -0.2) is 4.98 Å². The maximum absolute atomic E-state index is 13.0. The van der Waals surface area contributed by atoms with Gasteiger partial charge in [0.25, 0.3) is 5.91 Å². The highest BCUT2D eigenvalue weighted by molar-refractivity contribution is 6.30. The van der Waals surface area contributed by atoms with Crippen molar-refractivity contribution in [3.05, 3.63) is 52.6 Å². The number of aromatic nitrogens is 2. The first-order chi connectivity index (χ1) is 12.1. The Morgan fingerprint density at radius 3 is 3.08 bits per heavy atom. The van der Waals surface area contributed by atoms with E-state index in [1.165, 1.54) is 0 Å². The Morgan fingerprint density at radius 1 is 1.40 bits per heavy atom. The van der Waals surface area contributed by atoms with E-state index in [4.69, 9.17) is 16.3 Å². The van der Waals surface area contributed by atoms with Gasteiger partial charge in [0.15, 0.2) is 0 Å². The van der Waals surface area contributed by atoms with Crippen molar-refractivity contribution in [2.45, 2.75) is 18.8 Å². The van der Waals surface area contributed by atoms with Crippen molar-refractivity contribution in [3.8, 4) is 5.75 Å². The van der Waals surface area contributed by atoms with Crippen LogP contribution in [0.4, 0.5) is 0 Å². The Labute approximate surface area is 151 Å². The number of hydrogen-bond donors (Lipinski definition) is 0. The average molecular weight is 358 g/mol. The third kappa shape index (κ3) is 3.16. The second-order valence-electron chi connectivity index (χ2n) is 6.63. The van der Waals surface area contributed by atoms with Gasteiger partial charge in [-0.1, -0.05) is 11.6 Å². The number of carbonyl (C=O) groups excluding carboxylic acids is 1. The van der Waals surface area contributed by atoms with E-state index in [0.717, 1.165) is 36.5 Å². The van der Waals surface area contributed by atoms with Crippen LogP contribution in [0.5, 0.6) is 5.75 Å². The van der Waals surface area contributed by atoms with Gasteiger partial charge in [-0.15, -0.1) is 0 Å². The van der Waals surface area contributed by atoms with Crippen molar-refractivity contribution >= 4 is 23.6 Å². The number of nitrogens with zero attached hydrogens (tertiary/aromatic N) is 3. The standard InChI is InChI=1S/C19H20ClN3O2/c1-22-8-6-21-18(22)13-3-2-7-23(11-13)19(24)15-9-14-10-16(20)4-5-17(14)25-12-15/h4-6,8-10,13H,2-3,7,11-12H2,1H3/t13-/m0/s1. The van der Waals surface area contributed by atoms with E-state index in [1.807, 2.05) is 47.1 Å². The largest absolute Gasteiger partial charge is 0.488 e. The highest BCUT2D eigenvalue weighted by Crippen LogP contribution is 2.31. The van der Waals surface area contributed by atoms with E-state index in [1.54, 1.807) is 6.07 Å². The molecule has 0 N–H and O–H groups in total. The maximum Gasteiger partial charge on any atom is 0.253 e. The van der Waals surface area contributed by atoms with Crippen LogP contribution in [0.1, 0.15) is 30.1 Å². The van der Waals surface area contributed by atoms with E-state index in [0.29, 0.717) is 23.7 Å². The SMILES string of the molecule is Cn1ccnc1[C@H]1CCCN(C(=O)C2=Cc3cc(Cl)ccc3OC2)C1. The molecule has 0 spiro atoms. The average Bonchev–Trinajstić information content (AvgIpc) is 3.06. The summed E-state index contributed by atoms with van der Waals surface area (Å²) >= 11 is 6.05. The van der Waals surface area contributed by atoms with Crippen LogP contribution < -0.4 is 4.74 Å². The van der Waals surface area contributed by atoms with Crippen LogP contribution in [0.3, 0.4) is 0 Å². The summed E-state index contributed by atoms with van der Waals surface area (Å²) < 4.78 is 7.77. The number of amides is 1. The normalized spacial score (nSPS) is 19.8. The molecule has 1 saturated heterocycles. The number of benzene rings is 1. The summed E-state index contributed by atoms with van der Waals surface area (Å²) in [6.45, 7) is 1.78. The van der Waals surface area contributed by atoms with Gasteiger partial charge in [0.2, 0.25) is 0 Å². The maximum atomic E-state index is 13.0. The van der Waals surface area contributed by atoms with Gasteiger partial charge < -0.3 is 14.2 Å². The third-order valence-electron chi connectivity index (χ3n) is 4.89. The van der Waals surface area contributed by atoms with Gasteiger partial charge >= 0.3 is 0 Å². The van der Waals surface area contributed by atoms with Crippen LogP contribution in [0.25, 0.3) is 6.08 Å². The van der Waals surface area contributed by atoms with Crippen molar-refractivity contribution in [3.63, 3.8) is 0 Å². The molecule has 4 rings (SSSR count).